The van der Waals surface area contributed by atoms with Gasteiger partial charge >= 0.3 is 0 Å². The van der Waals surface area contributed by atoms with E-state index >= 15 is 0 Å². The number of nitrogen functional groups attached to an aromatic ring is 1. The average Bonchev–Trinajstić information content (AvgIpc) is 3.05. The van der Waals surface area contributed by atoms with E-state index in [1.807, 2.05) is 60.7 Å². The van der Waals surface area contributed by atoms with E-state index < -0.39 is 6.04 Å². The van der Waals surface area contributed by atoms with Crippen LogP contribution >= 0.6 is 0 Å². The van der Waals surface area contributed by atoms with Gasteiger partial charge in [0.15, 0.2) is 0 Å². The quantitative estimate of drug-likeness (QED) is 0.461. The zero-order valence-electron chi connectivity index (χ0n) is 19.6. The standard InChI is InChI=1S/C28H30N4O3/c29-24-11-5-4-10-23(24)18-30-26(33)19-32-17-7-6-12-25(28(32)35)31-27(34)22-15-13-21(14-16-22)20-8-2-1-3-9-20/h1-5,8-11,13-16,25H,6-7,12,17-19,29H2,(H,30,33)(H,31,34). The molecule has 0 radical (unpaired) electrons. The molecule has 7 nitrogen and oxygen atoms in total. The van der Waals surface area contributed by atoms with Gasteiger partial charge in [-0.15, -0.1) is 0 Å². The first-order valence-electron chi connectivity index (χ1n) is 11.9. The van der Waals surface area contributed by atoms with Crippen molar-refractivity contribution in [1.82, 2.24) is 15.5 Å². The van der Waals surface area contributed by atoms with Crippen molar-refractivity contribution in [2.75, 3.05) is 18.8 Å². The maximum absolute atomic E-state index is 13.1. The van der Waals surface area contributed by atoms with Crippen molar-refractivity contribution in [3.63, 3.8) is 0 Å². The zero-order chi connectivity index (χ0) is 24.6. The van der Waals surface area contributed by atoms with Gasteiger partial charge in [-0.25, -0.2) is 0 Å². The van der Waals surface area contributed by atoms with Crippen LogP contribution < -0.4 is 16.4 Å². The minimum atomic E-state index is -0.656. The van der Waals surface area contributed by atoms with E-state index in [0.717, 1.165) is 29.5 Å². The SMILES string of the molecule is Nc1ccccc1CNC(=O)CN1CCCCC(NC(=O)c2ccc(-c3ccccc3)cc2)C1=O. The summed E-state index contributed by atoms with van der Waals surface area (Å²) < 4.78 is 0. The molecule has 1 aliphatic heterocycles. The van der Waals surface area contributed by atoms with Crippen molar-refractivity contribution in [1.29, 1.82) is 0 Å². The highest BCUT2D eigenvalue weighted by atomic mass is 16.2. The Morgan fingerprint density at radius 1 is 0.886 bits per heavy atom. The smallest absolute Gasteiger partial charge is 0.251 e. The first-order valence-corrected chi connectivity index (χ1v) is 11.9. The molecule has 1 unspecified atom stereocenters. The van der Waals surface area contributed by atoms with Gasteiger partial charge in [0.2, 0.25) is 11.8 Å². The van der Waals surface area contributed by atoms with Gasteiger partial charge in [0.25, 0.3) is 5.91 Å². The summed E-state index contributed by atoms with van der Waals surface area (Å²) in [5.74, 6) is -0.787. The van der Waals surface area contributed by atoms with Crippen LogP contribution in [-0.2, 0) is 16.1 Å². The molecule has 1 fully saturated rings. The minimum absolute atomic E-state index is 0.0519. The largest absolute Gasteiger partial charge is 0.398 e. The van der Waals surface area contributed by atoms with Crippen molar-refractivity contribution >= 4 is 23.4 Å². The second-order valence-electron chi connectivity index (χ2n) is 8.70. The Kier molecular flexibility index (Phi) is 7.77. The number of nitrogens with two attached hydrogens (primary N) is 1. The molecule has 35 heavy (non-hydrogen) atoms. The van der Waals surface area contributed by atoms with Gasteiger partial charge in [0.1, 0.15) is 6.04 Å². The molecule has 4 N–H and O–H groups in total. The van der Waals surface area contributed by atoms with Crippen molar-refractivity contribution < 1.29 is 14.4 Å². The lowest BCUT2D eigenvalue weighted by molar-refractivity contribution is -0.137. The predicted molar refractivity (Wildman–Crippen MR) is 136 cm³/mol. The number of para-hydroxylation sites is 1. The molecule has 1 aliphatic rings. The third-order valence-electron chi connectivity index (χ3n) is 6.21. The number of hydrogen-bond donors (Lipinski definition) is 3. The number of benzene rings is 3. The molecule has 1 atom stereocenters. The summed E-state index contributed by atoms with van der Waals surface area (Å²) in [6, 6.07) is 23.9. The number of rotatable bonds is 7. The lowest BCUT2D eigenvalue weighted by atomic mass is 10.0. The van der Waals surface area contributed by atoms with E-state index in [2.05, 4.69) is 10.6 Å². The fraction of sp³-hybridized carbons (Fsp3) is 0.250. The van der Waals surface area contributed by atoms with E-state index in [0.29, 0.717) is 30.8 Å². The summed E-state index contributed by atoms with van der Waals surface area (Å²) in [5.41, 5.74) is 9.94. The second-order valence-corrected chi connectivity index (χ2v) is 8.70. The van der Waals surface area contributed by atoms with Gasteiger partial charge in [-0.05, 0) is 54.2 Å². The van der Waals surface area contributed by atoms with Crippen LogP contribution in [0.15, 0.2) is 78.9 Å². The summed E-state index contributed by atoms with van der Waals surface area (Å²) in [4.78, 5) is 40.0. The van der Waals surface area contributed by atoms with E-state index in [1.165, 1.54) is 4.90 Å². The number of carbonyl (C=O) groups excluding carboxylic acids is 3. The summed E-state index contributed by atoms with van der Waals surface area (Å²) in [5, 5.41) is 5.70. The number of nitrogens with one attached hydrogen (secondary N) is 2. The van der Waals surface area contributed by atoms with Gasteiger partial charge in [-0.1, -0.05) is 60.7 Å². The van der Waals surface area contributed by atoms with Crippen LogP contribution in [0.5, 0.6) is 0 Å². The lowest BCUT2D eigenvalue weighted by Crippen LogP contribution is -2.50. The molecule has 0 bridgehead atoms. The van der Waals surface area contributed by atoms with E-state index in [4.69, 9.17) is 5.73 Å². The molecule has 0 spiro atoms. The number of anilines is 1. The summed E-state index contributed by atoms with van der Waals surface area (Å²) in [6.45, 7) is 0.730. The van der Waals surface area contributed by atoms with Gasteiger partial charge in [-0.3, -0.25) is 14.4 Å². The Balaban J connectivity index is 1.34. The molecule has 3 aromatic carbocycles. The zero-order valence-corrected chi connectivity index (χ0v) is 19.6. The number of nitrogens with zero attached hydrogens (tertiary/aromatic N) is 1. The molecule has 0 aromatic heterocycles. The molecule has 3 aromatic rings. The molecular formula is C28H30N4O3. The first-order chi connectivity index (χ1) is 17.0. The molecule has 1 saturated heterocycles. The Hall–Kier alpha value is -4.13. The highest BCUT2D eigenvalue weighted by molar-refractivity contribution is 5.98. The van der Waals surface area contributed by atoms with Crippen LogP contribution in [0.25, 0.3) is 11.1 Å². The summed E-state index contributed by atoms with van der Waals surface area (Å²) in [6.07, 6.45) is 2.12. The topological polar surface area (TPSA) is 105 Å². The highest BCUT2D eigenvalue weighted by Gasteiger charge is 2.29. The highest BCUT2D eigenvalue weighted by Crippen LogP contribution is 2.20. The van der Waals surface area contributed by atoms with Crippen LogP contribution in [-0.4, -0.2) is 41.8 Å². The van der Waals surface area contributed by atoms with Crippen LogP contribution in [0.2, 0.25) is 0 Å². The number of likely N-dealkylation sites (tertiary alicyclic amines) is 1. The van der Waals surface area contributed by atoms with Gasteiger partial charge < -0.3 is 21.3 Å². The van der Waals surface area contributed by atoms with Crippen LogP contribution in [0.4, 0.5) is 5.69 Å². The summed E-state index contributed by atoms with van der Waals surface area (Å²) in [7, 11) is 0. The average molecular weight is 471 g/mol. The van der Waals surface area contributed by atoms with E-state index in [9.17, 15) is 14.4 Å². The van der Waals surface area contributed by atoms with Crippen molar-refractivity contribution in [3.8, 4) is 11.1 Å². The third kappa shape index (κ3) is 6.26. The van der Waals surface area contributed by atoms with Crippen LogP contribution in [0, 0.1) is 0 Å². The van der Waals surface area contributed by atoms with E-state index in [-0.39, 0.29) is 24.3 Å². The minimum Gasteiger partial charge on any atom is -0.398 e. The third-order valence-corrected chi connectivity index (χ3v) is 6.21. The van der Waals surface area contributed by atoms with E-state index in [1.54, 1.807) is 18.2 Å². The van der Waals surface area contributed by atoms with Crippen molar-refractivity contribution in [2.24, 2.45) is 0 Å². The fourth-order valence-electron chi connectivity index (χ4n) is 4.20. The van der Waals surface area contributed by atoms with Gasteiger partial charge in [0.05, 0.1) is 6.54 Å². The van der Waals surface area contributed by atoms with Crippen molar-refractivity contribution in [3.05, 3.63) is 90.0 Å². The number of carbonyl (C=O) groups is 3. The number of amides is 3. The van der Waals surface area contributed by atoms with Gasteiger partial charge in [-0.2, -0.15) is 0 Å². The molecule has 3 amide bonds. The second kappa shape index (κ2) is 11.3. The Labute approximate surface area is 205 Å². The Morgan fingerprint density at radius 2 is 1.57 bits per heavy atom. The normalized spacial score (nSPS) is 15.8. The van der Waals surface area contributed by atoms with Crippen LogP contribution in [0.1, 0.15) is 35.2 Å². The maximum Gasteiger partial charge on any atom is 0.251 e. The maximum atomic E-state index is 13.1. The van der Waals surface area contributed by atoms with Crippen LogP contribution in [0.3, 0.4) is 0 Å². The van der Waals surface area contributed by atoms with Crippen molar-refractivity contribution in [2.45, 2.75) is 31.8 Å². The molecule has 0 saturated carbocycles. The molecule has 7 heteroatoms. The van der Waals surface area contributed by atoms with Gasteiger partial charge in [0, 0.05) is 24.3 Å². The fourth-order valence-corrected chi connectivity index (χ4v) is 4.20. The molecule has 0 aliphatic carbocycles. The number of hydrogen-bond acceptors (Lipinski definition) is 4. The lowest BCUT2D eigenvalue weighted by Gasteiger charge is -2.24. The Morgan fingerprint density at radius 3 is 2.31 bits per heavy atom. The molecule has 1 heterocycles. The molecule has 180 valence electrons. The molecular weight excluding hydrogens is 440 g/mol. The predicted octanol–water partition coefficient (Wildman–Crippen LogP) is 3.36. The Bertz CT molecular complexity index is 1180. The summed E-state index contributed by atoms with van der Waals surface area (Å²) >= 11 is 0. The monoisotopic (exact) mass is 470 g/mol. The molecule has 4 rings (SSSR count). The first kappa shape index (κ1) is 24.0.